The summed E-state index contributed by atoms with van der Waals surface area (Å²) >= 11 is 0. The summed E-state index contributed by atoms with van der Waals surface area (Å²) in [4.78, 5) is 9.54. The Kier molecular flexibility index (Phi) is 3.00. The standard InChI is InChI=1S/C19H16N2/c1-4-14-10-15(5-1)12-17-7-3-9-19(21-17)13-18-8-2-6-16(11-14)20-18/h1-10H,11-13H2. The van der Waals surface area contributed by atoms with Crippen LogP contribution in [-0.2, 0) is 19.3 Å². The fraction of sp³-hybridized carbons (Fsp3) is 0.158. The smallest absolute Gasteiger partial charge is 0.0466 e. The molecule has 2 nitrogen and oxygen atoms in total. The lowest BCUT2D eigenvalue weighted by atomic mass is 10.0. The molecule has 2 aromatic heterocycles. The lowest BCUT2D eigenvalue weighted by Crippen LogP contribution is -2.03. The Bertz CT molecular complexity index is 633. The molecule has 0 spiro atoms. The Labute approximate surface area is 124 Å². The van der Waals surface area contributed by atoms with E-state index in [2.05, 4.69) is 60.7 Å². The van der Waals surface area contributed by atoms with E-state index < -0.39 is 0 Å². The number of hydrogen-bond acceptors (Lipinski definition) is 2. The Morgan fingerprint density at radius 3 is 1.48 bits per heavy atom. The van der Waals surface area contributed by atoms with Crippen LogP contribution < -0.4 is 0 Å². The van der Waals surface area contributed by atoms with Crippen LogP contribution in [0.15, 0.2) is 60.7 Å². The van der Waals surface area contributed by atoms with E-state index in [4.69, 9.17) is 9.97 Å². The van der Waals surface area contributed by atoms with Crippen molar-refractivity contribution >= 4 is 0 Å². The maximum Gasteiger partial charge on any atom is 0.0466 e. The minimum atomic E-state index is 0.801. The molecule has 102 valence electrons. The first-order chi connectivity index (χ1) is 10.3. The zero-order valence-corrected chi connectivity index (χ0v) is 11.8. The van der Waals surface area contributed by atoms with E-state index in [0.717, 1.165) is 42.0 Å². The number of benzene rings is 1. The van der Waals surface area contributed by atoms with Gasteiger partial charge in [-0.2, -0.15) is 0 Å². The minimum absolute atomic E-state index is 0.801. The highest BCUT2D eigenvalue weighted by Crippen LogP contribution is 2.16. The zero-order valence-electron chi connectivity index (χ0n) is 11.8. The van der Waals surface area contributed by atoms with Gasteiger partial charge in [0.15, 0.2) is 0 Å². The second-order valence-electron chi connectivity index (χ2n) is 5.59. The third kappa shape index (κ3) is 2.70. The first-order valence-corrected chi connectivity index (χ1v) is 7.33. The van der Waals surface area contributed by atoms with Crippen molar-refractivity contribution in [3.05, 3.63) is 94.6 Å². The van der Waals surface area contributed by atoms with Crippen LogP contribution in [-0.4, -0.2) is 9.97 Å². The van der Waals surface area contributed by atoms with Gasteiger partial charge < -0.3 is 0 Å². The molecule has 21 heavy (non-hydrogen) atoms. The summed E-state index contributed by atoms with van der Waals surface area (Å²) in [7, 11) is 0. The van der Waals surface area contributed by atoms with Crippen LogP contribution in [0.1, 0.15) is 33.9 Å². The molecule has 0 atom stereocenters. The molecule has 1 aliphatic rings. The normalized spacial score (nSPS) is 13.1. The van der Waals surface area contributed by atoms with Crippen LogP contribution in [0.5, 0.6) is 0 Å². The molecule has 0 saturated heterocycles. The number of nitrogens with zero attached hydrogens (tertiary/aromatic N) is 2. The Morgan fingerprint density at radius 2 is 0.952 bits per heavy atom. The fourth-order valence-electron chi connectivity index (χ4n) is 2.91. The van der Waals surface area contributed by atoms with Crippen molar-refractivity contribution in [2.24, 2.45) is 0 Å². The summed E-state index contributed by atoms with van der Waals surface area (Å²) < 4.78 is 0. The van der Waals surface area contributed by atoms with Crippen LogP contribution in [0.3, 0.4) is 0 Å². The van der Waals surface area contributed by atoms with Crippen molar-refractivity contribution in [2.75, 3.05) is 0 Å². The molecule has 0 N–H and O–H groups in total. The van der Waals surface area contributed by atoms with E-state index in [9.17, 15) is 0 Å². The SMILES string of the molecule is c1cc2cc(c1)Cc1cccc(n1)Cc1cccc(n1)C2. The Balaban J connectivity index is 1.87. The van der Waals surface area contributed by atoms with Gasteiger partial charge in [0.05, 0.1) is 0 Å². The second-order valence-corrected chi connectivity index (χ2v) is 5.59. The largest absolute Gasteiger partial charge is 0.257 e. The maximum atomic E-state index is 4.77. The highest BCUT2D eigenvalue weighted by molar-refractivity contribution is 5.31. The van der Waals surface area contributed by atoms with Crippen molar-refractivity contribution in [1.29, 1.82) is 0 Å². The van der Waals surface area contributed by atoms with Crippen molar-refractivity contribution in [3.63, 3.8) is 0 Å². The van der Waals surface area contributed by atoms with E-state index in [1.807, 2.05) is 0 Å². The van der Waals surface area contributed by atoms with Gasteiger partial charge in [-0.3, -0.25) is 9.97 Å². The minimum Gasteiger partial charge on any atom is -0.257 e. The predicted octanol–water partition coefficient (Wildman–Crippen LogP) is 3.56. The van der Waals surface area contributed by atoms with E-state index >= 15 is 0 Å². The quantitative estimate of drug-likeness (QED) is 0.489. The fourth-order valence-corrected chi connectivity index (χ4v) is 2.91. The molecule has 2 heteroatoms. The number of hydrogen-bond donors (Lipinski definition) is 0. The average molecular weight is 272 g/mol. The molecule has 4 rings (SSSR count). The molecule has 0 amide bonds. The van der Waals surface area contributed by atoms with Crippen molar-refractivity contribution in [3.8, 4) is 0 Å². The summed E-state index contributed by atoms with van der Waals surface area (Å²) in [5.74, 6) is 0. The van der Waals surface area contributed by atoms with Crippen molar-refractivity contribution < 1.29 is 0 Å². The summed E-state index contributed by atoms with van der Waals surface area (Å²) in [5, 5.41) is 0. The molecule has 0 unspecified atom stereocenters. The third-order valence-electron chi connectivity index (χ3n) is 3.85. The van der Waals surface area contributed by atoms with Crippen LogP contribution in [0.25, 0.3) is 0 Å². The predicted molar refractivity (Wildman–Crippen MR) is 83.3 cm³/mol. The molecule has 0 fully saturated rings. The van der Waals surface area contributed by atoms with Gasteiger partial charge in [0.25, 0.3) is 0 Å². The molecule has 0 radical (unpaired) electrons. The third-order valence-corrected chi connectivity index (χ3v) is 3.85. The number of fused-ring (bicyclic) bond motifs is 6. The van der Waals surface area contributed by atoms with Gasteiger partial charge in [-0.05, 0) is 35.4 Å². The molecule has 3 heterocycles. The first-order valence-electron chi connectivity index (χ1n) is 7.33. The molecule has 1 aromatic carbocycles. The first kappa shape index (κ1) is 12.3. The van der Waals surface area contributed by atoms with Gasteiger partial charge in [0, 0.05) is 42.0 Å². The van der Waals surface area contributed by atoms with Crippen LogP contribution >= 0.6 is 0 Å². The van der Waals surface area contributed by atoms with E-state index in [1.54, 1.807) is 0 Å². The lowest BCUT2D eigenvalue weighted by molar-refractivity contribution is 0.931. The number of pyridine rings is 2. The van der Waals surface area contributed by atoms with Gasteiger partial charge in [-0.1, -0.05) is 36.4 Å². The van der Waals surface area contributed by atoms with E-state index in [-0.39, 0.29) is 0 Å². The second kappa shape index (κ2) is 5.13. The molecule has 6 bridgehead atoms. The zero-order chi connectivity index (χ0) is 14.1. The topological polar surface area (TPSA) is 25.8 Å². The maximum absolute atomic E-state index is 4.77. The van der Waals surface area contributed by atoms with Gasteiger partial charge in [0.1, 0.15) is 0 Å². The van der Waals surface area contributed by atoms with E-state index in [0.29, 0.717) is 0 Å². The Morgan fingerprint density at radius 1 is 0.524 bits per heavy atom. The van der Waals surface area contributed by atoms with Crippen LogP contribution in [0, 0.1) is 0 Å². The summed E-state index contributed by atoms with van der Waals surface area (Å²) in [6.07, 6.45) is 2.59. The summed E-state index contributed by atoms with van der Waals surface area (Å²) in [5.41, 5.74) is 7.06. The Hall–Kier alpha value is -2.48. The van der Waals surface area contributed by atoms with Crippen LogP contribution in [0.4, 0.5) is 0 Å². The van der Waals surface area contributed by atoms with Gasteiger partial charge in [0.2, 0.25) is 0 Å². The molecule has 3 aromatic rings. The van der Waals surface area contributed by atoms with Crippen molar-refractivity contribution in [1.82, 2.24) is 9.97 Å². The molecular formula is C19H16N2. The monoisotopic (exact) mass is 272 g/mol. The highest BCUT2D eigenvalue weighted by atomic mass is 14.7. The number of rotatable bonds is 0. The average Bonchev–Trinajstić information content (AvgIpc) is 2.47. The lowest BCUT2D eigenvalue weighted by Gasteiger charge is -2.10. The number of aromatic nitrogens is 2. The van der Waals surface area contributed by atoms with Gasteiger partial charge in [-0.25, -0.2) is 0 Å². The van der Waals surface area contributed by atoms with Crippen LogP contribution in [0.2, 0.25) is 0 Å². The summed E-state index contributed by atoms with van der Waals surface area (Å²) in [6.45, 7) is 0. The molecule has 0 aliphatic carbocycles. The highest BCUT2D eigenvalue weighted by Gasteiger charge is 2.07. The van der Waals surface area contributed by atoms with Gasteiger partial charge >= 0.3 is 0 Å². The summed E-state index contributed by atoms with van der Waals surface area (Å²) in [6, 6.07) is 21.3. The molecule has 1 aliphatic heterocycles. The van der Waals surface area contributed by atoms with E-state index in [1.165, 1.54) is 11.1 Å². The molecule has 0 saturated carbocycles. The molecular weight excluding hydrogens is 256 g/mol. The van der Waals surface area contributed by atoms with Crippen molar-refractivity contribution in [2.45, 2.75) is 19.3 Å². The van der Waals surface area contributed by atoms with Gasteiger partial charge in [-0.15, -0.1) is 0 Å².